The first kappa shape index (κ1) is 21.6. The topological polar surface area (TPSA) is 107 Å². The number of nitrogens with one attached hydrogen (secondary N) is 1. The number of pyridine rings is 1. The number of methoxy groups -OCH3 is 2. The molecule has 1 atom stereocenters. The molecule has 0 bridgehead atoms. The summed E-state index contributed by atoms with van der Waals surface area (Å²) in [4.78, 5) is 23.6. The Morgan fingerprint density at radius 1 is 1.12 bits per heavy atom. The Labute approximate surface area is 194 Å². The zero-order chi connectivity index (χ0) is 23.7. The van der Waals surface area contributed by atoms with E-state index in [1.165, 1.54) is 13.2 Å². The molecule has 11 heteroatoms. The van der Waals surface area contributed by atoms with Crippen molar-refractivity contribution >= 4 is 23.1 Å². The highest BCUT2D eigenvalue weighted by atomic mass is 19.1. The highest BCUT2D eigenvalue weighted by molar-refractivity contribution is 6.02. The fourth-order valence-corrected chi connectivity index (χ4v) is 4.17. The zero-order valence-corrected chi connectivity index (χ0v) is 18.6. The molecule has 10 nitrogen and oxygen atoms in total. The predicted molar refractivity (Wildman–Crippen MR) is 122 cm³/mol. The Balaban J connectivity index is 1.45. The Kier molecular flexibility index (Phi) is 5.66. The number of rotatable bonds is 6. The van der Waals surface area contributed by atoms with Crippen molar-refractivity contribution in [3.63, 3.8) is 0 Å². The average Bonchev–Trinajstić information content (AvgIpc) is 3.51. The van der Waals surface area contributed by atoms with Crippen LogP contribution in [0.2, 0.25) is 0 Å². The molecular weight excluding hydrogens is 441 g/mol. The number of ether oxygens (including phenoxy) is 2. The van der Waals surface area contributed by atoms with Crippen molar-refractivity contribution in [2.75, 3.05) is 31.0 Å². The maximum Gasteiger partial charge on any atom is 0.293 e. The summed E-state index contributed by atoms with van der Waals surface area (Å²) in [6.07, 6.45) is 6.08. The van der Waals surface area contributed by atoms with Crippen LogP contribution in [0.4, 0.5) is 15.9 Å². The van der Waals surface area contributed by atoms with Gasteiger partial charge in [0, 0.05) is 17.8 Å². The van der Waals surface area contributed by atoms with Gasteiger partial charge in [-0.2, -0.15) is 0 Å². The third kappa shape index (κ3) is 3.96. The molecule has 0 spiro atoms. The van der Waals surface area contributed by atoms with Gasteiger partial charge in [-0.1, -0.05) is 0 Å². The molecule has 174 valence electrons. The van der Waals surface area contributed by atoms with E-state index in [1.54, 1.807) is 48.2 Å². The minimum atomic E-state index is -0.428. The van der Waals surface area contributed by atoms with Crippen LogP contribution in [0.25, 0.3) is 5.65 Å². The molecule has 5 rings (SSSR count). The summed E-state index contributed by atoms with van der Waals surface area (Å²) in [6, 6.07) is 8.26. The third-order valence-corrected chi connectivity index (χ3v) is 5.77. The monoisotopic (exact) mass is 463 g/mol. The van der Waals surface area contributed by atoms with Crippen molar-refractivity contribution in [3.8, 4) is 11.6 Å². The molecule has 1 amide bonds. The van der Waals surface area contributed by atoms with Gasteiger partial charge in [0.05, 0.1) is 38.9 Å². The van der Waals surface area contributed by atoms with E-state index in [0.29, 0.717) is 40.9 Å². The molecule has 0 radical (unpaired) electrons. The van der Waals surface area contributed by atoms with Crippen molar-refractivity contribution < 1.29 is 18.7 Å². The number of carbonyl (C=O) groups is 1. The smallest absolute Gasteiger partial charge is 0.293 e. The number of hydrogen-bond acceptors (Lipinski definition) is 8. The van der Waals surface area contributed by atoms with Gasteiger partial charge in [0.2, 0.25) is 11.7 Å². The van der Waals surface area contributed by atoms with Crippen molar-refractivity contribution in [2.45, 2.75) is 18.9 Å². The number of benzene rings is 1. The van der Waals surface area contributed by atoms with Gasteiger partial charge in [-0.05, 0) is 43.2 Å². The molecule has 0 aliphatic carbocycles. The van der Waals surface area contributed by atoms with Crippen molar-refractivity contribution in [1.82, 2.24) is 24.6 Å². The first-order valence-corrected chi connectivity index (χ1v) is 10.7. The minimum absolute atomic E-state index is 0.121. The Morgan fingerprint density at radius 3 is 2.71 bits per heavy atom. The van der Waals surface area contributed by atoms with E-state index in [-0.39, 0.29) is 11.9 Å². The molecule has 1 saturated heterocycles. The average molecular weight is 463 g/mol. The molecule has 1 aliphatic heterocycles. The maximum absolute atomic E-state index is 14.0. The maximum atomic E-state index is 14.0. The van der Waals surface area contributed by atoms with Gasteiger partial charge in [-0.3, -0.25) is 9.20 Å². The molecular formula is C23H22FN7O3. The quantitative estimate of drug-likeness (QED) is 0.464. The van der Waals surface area contributed by atoms with Crippen LogP contribution in [0, 0.1) is 5.82 Å². The number of hydrogen-bond donors (Lipinski definition) is 1. The summed E-state index contributed by atoms with van der Waals surface area (Å²) >= 11 is 0. The zero-order valence-electron chi connectivity index (χ0n) is 18.6. The molecule has 1 fully saturated rings. The number of amides is 1. The number of anilines is 2. The van der Waals surface area contributed by atoms with Crippen LogP contribution in [0.5, 0.6) is 11.6 Å². The largest absolute Gasteiger partial charge is 0.497 e. The minimum Gasteiger partial charge on any atom is -0.497 e. The van der Waals surface area contributed by atoms with Gasteiger partial charge in [-0.25, -0.2) is 14.4 Å². The molecule has 1 N–H and O–H groups in total. The second kappa shape index (κ2) is 8.93. The summed E-state index contributed by atoms with van der Waals surface area (Å²) in [5.41, 5.74) is 1.69. The molecule has 4 heterocycles. The van der Waals surface area contributed by atoms with Gasteiger partial charge >= 0.3 is 0 Å². The van der Waals surface area contributed by atoms with Crippen molar-refractivity contribution in [3.05, 3.63) is 66.1 Å². The Hall–Kier alpha value is -4.28. The van der Waals surface area contributed by atoms with E-state index in [0.717, 1.165) is 19.0 Å². The highest BCUT2D eigenvalue weighted by Crippen LogP contribution is 2.38. The normalized spacial score (nSPS) is 15.5. The molecule has 34 heavy (non-hydrogen) atoms. The van der Waals surface area contributed by atoms with E-state index in [9.17, 15) is 9.18 Å². The lowest BCUT2D eigenvalue weighted by atomic mass is 10.1. The predicted octanol–water partition coefficient (Wildman–Crippen LogP) is 3.27. The van der Waals surface area contributed by atoms with Crippen LogP contribution in [-0.4, -0.2) is 51.2 Å². The van der Waals surface area contributed by atoms with Crippen molar-refractivity contribution in [2.24, 2.45) is 0 Å². The molecule has 3 aromatic heterocycles. The summed E-state index contributed by atoms with van der Waals surface area (Å²) in [6.45, 7) is 0.707. The fourth-order valence-electron chi connectivity index (χ4n) is 4.17. The second-order valence-electron chi connectivity index (χ2n) is 7.78. The lowest BCUT2D eigenvalue weighted by Gasteiger charge is -2.26. The number of fused-ring (bicyclic) bond motifs is 1. The standard InChI is InChI=1S/C23H22FN7O3/c1-33-16-7-5-15(6-8-16)27-22(32)21-29-28-19-12-25-20(13-31(19)21)30-9-3-4-18(30)17-10-14(24)11-26-23(17)34-2/h5-8,10-13,18H,3-4,9H2,1-2H3,(H,27,32)/t18-/m1/s1. The van der Waals surface area contributed by atoms with Crippen LogP contribution in [-0.2, 0) is 0 Å². The summed E-state index contributed by atoms with van der Waals surface area (Å²) in [5.74, 6) is 0.955. The van der Waals surface area contributed by atoms with Crippen LogP contribution < -0.4 is 19.7 Å². The van der Waals surface area contributed by atoms with E-state index < -0.39 is 11.7 Å². The number of nitrogens with zero attached hydrogens (tertiary/aromatic N) is 6. The number of halogens is 1. The van der Waals surface area contributed by atoms with E-state index in [1.807, 2.05) is 4.90 Å². The number of carbonyl (C=O) groups excluding carboxylic acids is 1. The molecule has 4 aromatic rings. The van der Waals surface area contributed by atoms with Gasteiger partial charge in [0.15, 0.2) is 5.65 Å². The van der Waals surface area contributed by atoms with E-state index in [4.69, 9.17) is 9.47 Å². The SMILES string of the molecule is COc1ccc(NC(=O)c2nnc3cnc(N4CCC[C@@H]4c4cc(F)cnc4OC)cn23)cc1. The summed E-state index contributed by atoms with van der Waals surface area (Å²) in [5, 5.41) is 10.9. The Morgan fingerprint density at radius 2 is 1.94 bits per heavy atom. The summed E-state index contributed by atoms with van der Waals surface area (Å²) in [7, 11) is 3.09. The third-order valence-electron chi connectivity index (χ3n) is 5.77. The van der Waals surface area contributed by atoms with E-state index in [2.05, 4.69) is 25.5 Å². The summed E-state index contributed by atoms with van der Waals surface area (Å²) < 4.78 is 26.1. The molecule has 0 saturated carbocycles. The second-order valence-corrected chi connectivity index (χ2v) is 7.78. The van der Waals surface area contributed by atoms with Crippen LogP contribution in [0.1, 0.15) is 35.1 Å². The van der Waals surface area contributed by atoms with E-state index >= 15 is 0 Å². The lowest BCUT2D eigenvalue weighted by Crippen LogP contribution is -2.25. The molecule has 1 aromatic carbocycles. The molecule has 0 unspecified atom stereocenters. The van der Waals surface area contributed by atoms with Crippen LogP contribution in [0.15, 0.2) is 48.9 Å². The molecule has 1 aliphatic rings. The first-order valence-electron chi connectivity index (χ1n) is 10.7. The van der Waals surface area contributed by atoms with Gasteiger partial charge in [-0.15, -0.1) is 10.2 Å². The van der Waals surface area contributed by atoms with Gasteiger partial charge in [0.25, 0.3) is 5.91 Å². The van der Waals surface area contributed by atoms with Crippen molar-refractivity contribution in [1.29, 1.82) is 0 Å². The lowest BCUT2D eigenvalue weighted by molar-refractivity contribution is 0.101. The van der Waals surface area contributed by atoms with Crippen LogP contribution >= 0.6 is 0 Å². The van der Waals surface area contributed by atoms with Gasteiger partial charge in [0.1, 0.15) is 17.4 Å². The number of aromatic nitrogens is 5. The first-order chi connectivity index (χ1) is 16.6. The highest BCUT2D eigenvalue weighted by Gasteiger charge is 2.31. The fraction of sp³-hybridized carbons (Fsp3) is 0.261. The van der Waals surface area contributed by atoms with Gasteiger partial charge < -0.3 is 19.7 Å². The Bertz CT molecular complexity index is 1340. The van der Waals surface area contributed by atoms with Crippen LogP contribution in [0.3, 0.4) is 0 Å².